The third-order valence-electron chi connectivity index (χ3n) is 3.04. The molecule has 4 N–H and O–H groups in total. The first-order valence-electron chi connectivity index (χ1n) is 6.50. The molecular weight excluding hydrogens is 250 g/mol. The number of morpholine rings is 1. The molecule has 0 aromatic heterocycles. The lowest BCUT2D eigenvalue weighted by molar-refractivity contribution is -0.144. The fourth-order valence-electron chi connectivity index (χ4n) is 2.16. The van der Waals surface area contributed by atoms with Crippen LogP contribution in [-0.4, -0.2) is 60.4 Å². The van der Waals surface area contributed by atoms with Gasteiger partial charge in [-0.1, -0.05) is 13.8 Å². The molecule has 1 heterocycles. The van der Waals surface area contributed by atoms with Crippen LogP contribution in [0.2, 0.25) is 0 Å². The second kappa shape index (κ2) is 7.30. The van der Waals surface area contributed by atoms with Crippen LogP contribution in [0.1, 0.15) is 20.3 Å². The van der Waals surface area contributed by atoms with Gasteiger partial charge in [0, 0.05) is 6.54 Å². The van der Waals surface area contributed by atoms with Crippen molar-refractivity contribution in [2.45, 2.75) is 32.4 Å². The lowest BCUT2D eigenvalue weighted by Gasteiger charge is -2.37. The third kappa shape index (κ3) is 4.68. The van der Waals surface area contributed by atoms with E-state index in [-0.39, 0.29) is 24.5 Å². The van der Waals surface area contributed by atoms with E-state index < -0.39 is 12.1 Å². The van der Waals surface area contributed by atoms with Crippen molar-refractivity contribution >= 4 is 11.9 Å². The molecule has 0 aromatic carbocycles. The lowest BCUT2D eigenvalue weighted by Crippen LogP contribution is -2.57. The van der Waals surface area contributed by atoms with Crippen LogP contribution in [-0.2, 0) is 9.53 Å². The van der Waals surface area contributed by atoms with Crippen molar-refractivity contribution in [3.05, 3.63) is 0 Å². The first kappa shape index (κ1) is 15.7. The number of nitrogens with zero attached hydrogens (tertiary/aromatic N) is 1. The summed E-state index contributed by atoms with van der Waals surface area (Å²) in [5.74, 6) is 0.0317. The number of carbonyl (C=O) groups is 2. The maximum absolute atomic E-state index is 12.4. The average molecular weight is 273 g/mol. The third-order valence-corrected chi connectivity index (χ3v) is 3.04. The largest absolute Gasteiger partial charge is 0.394 e. The van der Waals surface area contributed by atoms with E-state index in [0.717, 1.165) is 0 Å². The Morgan fingerprint density at radius 1 is 1.53 bits per heavy atom. The average Bonchev–Trinajstić information content (AvgIpc) is 2.36. The van der Waals surface area contributed by atoms with Gasteiger partial charge in [0.05, 0.1) is 25.9 Å². The highest BCUT2D eigenvalue weighted by Gasteiger charge is 2.32. The maximum Gasteiger partial charge on any atom is 0.312 e. The number of rotatable bonds is 5. The molecule has 0 aromatic rings. The highest BCUT2D eigenvalue weighted by Crippen LogP contribution is 2.13. The second-order valence-corrected chi connectivity index (χ2v) is 5.13. The first-order chi connectivity index (χ1) is 8.95. The summed E-state index contributed by atoms with van der Waals surface area (Å²) in [6.45, 7) is 4.94. The van der Waals surface area contributed by atoms with Gasteiger partial charge in [0.15, 0.2) is 0 Å². The zero-order valence-electron chi connectivity index (χ0n) is 11.5. The Labute approximate surface area is 113 Å². The van der Waals surface area contributed by atoms with E-state index in [0.29, 0.717) is 26.2 Å². The summed E-state index contributed by atoms with van der Waals surface area (Å²) in [5, 5.41) is 11.7. The number of aliphatic hydroxyl groups excluding tert-OH is 1. The van der Waals surface area contributed by atoms with Crippen LogP contribution in [0.4, 0.5) is 4.79 Å². The number of urea groups is 1. The van der Waals surface area contributed by atoms with Gasteiger partial charge in [-0.15, -0.1) is 0 Å². The van der Waals surface area contributed by atoms with E-state index in [2.05, 4.69) is 5.32 Å². The first-order valence-corrected chi connectivity index (χ1v) is 6.50. The standard InChI is InChI=1S/C12H23N3O4/c1-8(2)5-10(14-12(13)18)11(17)15-3-4-19-7-9(15)6-16/h8-10,16H,3-7H2,1-2H3,(H3,13,14,18). The van der Waals surface area contributed by atoms with Crippen molar-refractivity contribution in [3.63, 3.8) is 0 Å². The molecule has 19 heavy (non-hydrogen) atoms. The quantitative estimate of drug-likeness (QED) is 0.615. The van der Waals surface area contributed by atoms with Gasteiger partial charge in [0.1, 0.15) is 6.04 Å². The highest BCUT2D eigenvalue weighted by atomic mass is 16.5. The minimum absolute atomic E-state index is 0.156. The summed E-state index contributed by atoms with van der Waals surface area (Å²) in [6, 6.07) is -1.72. The topological polar surface area (TPSA) is 105 Å². The van der Waals surface area contributed by atoms with E-state index >= 15 is 0 Å². The van der Waals surface area contributed by atoms with E-state index in [9.17, 15) is 14.7 Å². The number of nitrogens with two attached hydrogens (primary N) is 1. The molecule has 2 unspecified atom stereocenters. The van der Waals surface area contributed by atoms with Crippen LogP contribution < -0.4 is 11.1 Å². The van der Waals surface area contributed by atoms with Gasteiger partial charge in [-0.25, -0.2) is 4.79 Å². The summed E-state index contributed by atoms with van der Waals surface area (Å²) in [5.41, 5.74) is 5.11. The fraction of sp³-hybridized carbons (Fsp3) is 0.833. The van der Waals surface area contributed by atoms with Gasteiger partial charge in [0.25, 0.3) is 0 Å². The van der Waals surface area contributed by atoms with Crippen molar-refractivity contribution in [2.75, 3.05) is 26.4 Å². The van der Waals surface area contributed by atoms with Crippen molar-refractivity contribution in [2.24, 2.45) is 11.7 Å². The van der Waals surface area contributed by atoms with Crippen molar-refractivity contribution < 1.29 is 19.4 Å². The summed E-state index contributed by atoms with van der Waals surface area (Å²) in [7, 11) is 0. The monoisotopic (exact) mass is 273 g/mol. The van der Waals surface area contributed by atoms with Crippen LogP contribution in [0.3, 0.4) is 0 Å². The Hall–Kier alpha value is -1.34. The predicted molar refractivity (Wildman–Crippen MR) is 69.4 cm³/mol. The van der Waals surface area contributed by atoms with E-state index in [4.69, 9.17) is 10.5 Å². The predicted octanol–water partition coefficient (Wildman–Crippen LogP) is -0.711. The van der Waals surface area contributed by atoms with Crippen LogP contribution in [0, 0.1) is 5.92 Å². The minimum atomic E-state index is -0.715. The van der Waals surface area contributed by atoms with Crippen molar-refractivity contribution in [1.82, 2.24) is 10.2 Å². The molecule has 1 rings (SSSR count). The normalized spacial score (nSPS) is 21.3. The summed E-state index contributed by atoms with van der Waals surface area (Å²) >= 11 is 0. The Balaban J connectivity index is 2.75. The fourth-order valence-corrected chi connectivity index (χ4v) is 2.16. The molecule has 1 aliphatic rings. The summed E-state index contributed by atoms with van der Waals surface area (Å²) < 4.78 is 5.23. The van der Waals surface area contributed by atoms with Crippen molar-refractivity contribution in [3.8, 4) is 0 Å². The maximum atomic E-state index is 12.4. The number of aliphatic hydroxyl groups is 1. The Morgan fingerprint density at radius 3 is 2.74 bits per heavy atom. The van der Waals surface area contributed by atoms with Gasteiger partial charge < -0.3 is 25.8 Å². The smallest absolute Gasteiger partial charge is 0.312 e. The van der Waals surface area contributed by atoms with Gasteiger partial charge >= 0.3 is 6.03 Å². The molecule has 0 radical (unpaired) electrons. The molecule has 1 aliphatic heterocycles. The number of amides is 3. The van der Waals surface area contributed by atoms with Crippen LogP contribution in [0.5, 0.6) is 0 Å². The molecule has 110 valence electrons. The zero-order chi connectivity index (χ0) is 14.4. The number of carbonyl (C=O) groups excluding carboxylic acids is 2. The zero-order valence-corrected chi connectivity index (χ0v) is 11.5. The van der Waals surface area contributed by atoms with Crippen LogP contribution in [0.15, 0.2) is 0 Å². The Morgan fingerprint density at radius 2 is 2.21 bits per heavy atom. The van der Waals surface area contributed by atoms with Crippen LogP contribution >= 0.6 is 0 Å². The van der Waals surface area contributed by atoms with Gasteiger partial charge in [0.2, 0.25) is 5.91 Å². The molecule has 3 amide bonds. The number of primary amides is 1. The highest BCUT2D eigenvalue weighted by molar-refractivity contribution is 5.86. The van der Waals surface area contributed by atoms with E-state index in [1.54, 1.807) is 4.90 Å². The number of hydrogen-bond donors (Lipinski definition) is 3. The molecule has 0 spiro atoms. The van der Waals surface area contributed by atoms with Gasteiger partial charge in [-0.05, 0) is 12.3 Å². The minimum Gasteiger partial charge on any atom is -0.394 e. The molecule has 7 nitrogen and oxygen atoms in total. The second-order valence-electron chi connectivity index (χ2n) is 5.13. The van der Waals surface area contributed by atoms with Crippen molar-refractivity contribution in [1.29, 1.82) is 0 Å². The molecule has 0 aliphatic carbocycles. The van der Waals surface area contributed by atoms with E-state index in [1.807, 2.05) is 13.8 Å². The Kier molecular flexibility index (Phi) is 6.04. The molecule has 1 fully saturated rings. The molecule has 7 heteroatoms. The summed E-state index contributed by atoms with van der Waals surface area (Å²) in [6.07, 6.45) is 0.511. The molecule has 2 atom stereocenters. The molecule has 0 saturated carbocycles. The summed E-state index contributed by atoms with van der Waals surface area (Å²) in [4.78, 5) is 25.0. The lowest BCUT2D eigenvalue weighted by atomic mass is 10.0. The number of ether oxygens (including phenoxy) is 1. The van der Waals surface area contributed by atoms with Gasteiger partial charge in [-0.2, -0.15) is 0 Å². The van der Waals surface area contributed by atoms with E-state index in [1.165, 1.54) is 0 Å². The molecule has 1 saturated heterocycles. The SMILES string of the molecule is CC(C)CC(NC(N)=O)C(=O)N1CCOCC1CO. The van der Waals surface area contributed by atoms with Gasteiger partial charge in [-0.3, -0.25) is 4.79 Å². The number of hydrogen-bond acceptors (Lipinski definition) is 4. The molecular formula is C12H23N3O4. The number of nitrogens with one attached hydrogen (secondary N) is 1. The molecule has 0 bridgehead atoms. The Bertz CT molecular complexity index is 322. The van der Waals surface area contributed by atoms with Crippen LogP contribution in [0.25, 0.3) is 0 Å².